The molecule has 2 aromatic rings. The fourth-order valence-electron chi connectivity index (χ4n) is 1.88. The monoisotopic (exact) mass is 265 g/mol. The van der Waals surface area contributed by atoms with Gasteiger partial charge in [-0.05, 0) is 48.7 Å². The van der Waals surface area contributed by atoms with E-state index < -0.39 is 0 Å². The average Bonchev–Trinajstić information content (AvgIpc) is 2.43. The first-order valence-electron chi connectivity index (χ1n) is 6.35. The number of carbonyl (C=O) groups is 1. The van der Waals surface area contributed by atoms with Crippen LogP contribution in [0.15, 0.2) is 42.5 Å². The number of nitrogens with zero attached hydrogens (tertiary/aromatic N) is 1. The molecule has 0 spiro atoms. The van der Waals surface area contributed by atoms with Crippen molar-refractivity contribution in [2.24, 2.45) is 0 Å². The summed E-state index contributed by atoms with van der Waals surface area (Å²) in [6.07, 6.45) is 0.220. The average molecular weight is 265 g/mol. The van der Waals surface area contributed by atoms with Crippen LogP contribution in [0.1, 0.15) is 22.3 Å². The van der Waals surface area contributed by atoms with Crippen molar-refractivity contribution in [1.29, 1.82) is 5.26 Å². The zero-order valence-electron chi connectivity index (χ0n) is 11.5. The minimum atomic E-state index is -0.330. The van der Waals surface area contributed by atoms with Crippen molar-refractivity contribution in [3.05, 3.63) is 64.7 Å². The summed E-state index contributed by atoms with van der Waals surface area (Å²) in [6, 6.07) is 14.5. The van der Waals surface area contributed by atoms with Gasteiger partial charge in [-0.3, -0.25) is 4.79 Å². The first kappa shape index (κ1) is 13.8. The molecule has 0 heterocycles. The molecule has 0 aliphatic carbocycles. The molecule has 0 bridgehead atoms. The molecule has 0 atom stereocenters. The van der Waals surface area contributed by atoms with E-state index in [1.807, 2.05) is 38.1 Å². The Hall–Kier alpha value is -2.60. The topological polar surface area (TPSA) is 50.1 Å². The van der Waals surface area contributed by atoms with Gasteiger partial charge in [-0.1, -0.05) is 24.3 Å². The number of ether oxygens (including phenoxy) is 1. The van der Waals surface area contributed by atoms with Crippen LogP contribution >= 0.6 is 0 Å². The van der Waals surface area contributed by atoms with E-state index in [0.717, 1.165) is 11.1 Å². The van der Waals surface area contributed by atoms with Crippen LogP contribution in [0.3, 0.4) is 0 Å². The summed E-state index contributed by atoms with van der Waals surface area (Å²) in [6.45, 7) is 4.05. The van der Waals surface area contributed by atoms with Crippen molar-refractivity contribution in [2.45, 2.75) is 20.3 Å². The van der Waals surface area contributed by atoms with Gasteiger partial charge in [0.25, 0.3) is 0 Å². The fourth-order valence-corrected chi connectivity index (χ4v) is 1.88. The van der Waals surface area contributed by atoms with Gasteiger partial charge in [0.05, 0.1) is 18.1 Å². The largest absolute Gasteiger partial charge is 0.426 e. The van der Waals surface area contributed by atoms with Gasteiger partial charge in [0.2, 0.25) is 0 Å². The van der Waals surface area contributed by atoms with E-state index in [-0.39, 0.29) is 12.4 Å². The molecule has 2 rings (SSSR count). The van der Waals surface area contributed by atoms with Gasteiger partial charge in [0, 0.05) is 0 Å². The van der Waals surface area contributed by atoms with Crippen LogP contribution < -0.4 is 4.74 Å². The molecule has 0 unspecified atom stereocenters. The lowest BCUT2D eigenvalue weighted by molar-refractivity contribution is -0.133. The quantitative estimate of drug-likeness (QED) is 0.632. The third-order valence-electron chi connectivity index (χ3n) is 3.11. The number of hydrogen-bond donors (Lipinski definition) is 0. The van der Waals surface area contributed by atoms with Gasteiger partial charge in [-0.2, -0.15) is 5.26 Å². The van der Waals surface area contributed by atoms with Crippen molar-refractivity contribution in [3.8, 4) is 11.8 Å². The van der Waals surface area contributed by atoms with E-state index in [4.69, 9.17) is 10.00 Å². The lowest BCUT2D eigenvalue weighted by atomic mass is 10.0. The van der Waals surface area contributed by atoms with Gasteiger partial charge in [0.1, 0.15) is 5.75 Å². The zero-order chi connectivity index (χ0) is 14.5. The third kappa shape index (κ3) is 3.46. The predicted octanol–water partition coefficient (Wildman–Crippen LogP) is 3.32. The Morgan fingerprint density at radius 2 is 1.95 bits per heavy atom. The summed E-state index contributed by atoms with van der Waals surface area (Å²) in [5.41, 5.74) is 3.75. The zero-order valence-corrected chi connectivity index (χ0v) is 11.5. The van der Waals surface area contributed by atoms with Crippen LogP contribution in [-0.2, 0) is 11.2 Å². The summed E-state index contributed by atoms with van der Waals surface area (Å²) >= 11 is 0. The second-order valence-corrected chi connectivity index (χ2v) is 4.71. The Morgan fingerprint density at radius 1 is 1.15 bits per heavy atom. The maximum atomic E-state index is 11.9. The smallest absolute Gasteiger partial charge is 0.315 e. The van der Waals surface area contributed by atoms with Crippen molar-refractivity contribution in [3.63, 3.8) is 0 Å². The summed E-state index contributed by atoms with van der Waals surface area (Å²) in [4.78, 5) is 11.9. The molecule has 0 saturated heterocycles. The number of benzene rings is 2. The van der Waals surface area contributed by atoms with Crippen LogP contribution in [0.4, 0.5) is 0 Å². The highest BCUT2D eigenvalue weighted by molar-refractivity contribution is 5.75. The van der Waals surface area contributed by atoms with E-state index in [0.29, 0.717) is 11.3 Å². The van der Waals surface area contributed by atoms with Crippen LogP contribution in [0, 0.1) is 25.2 Å². The Balaban J connectivity index is 2.05. The normalized spacial score (nSPS) is 9.85. The van der Waals surface area contributed by atoms with Crippen LogP contribution in [0.5, 0.6) is 5.75 Å². The number of aryl methyl sites for hydroxylation is 2. The minimum Gasteiger partial charge on any atom is -0.426 e. The van der Waals surface area contributed by atoms with Crippen LogP contribution in [0.25, 0.3) is 0 Å². The molecule has 100 valence electrons. The van der Waals surface area contributed by atoms with Crippen LogP contribution in [0.2, 0.25) is 0 Å². The summed E-state index contributed by atoms with van der Waals surface area (Å²) < 4.78 is 5.24. The molecule has 0 aromatic heterocycles. The Bertz CT molecular complexity index is 684. The van der Waals surface area contributed by atoms with E-state index in [2.05, 4.69) is 0 Å². The SMILES string of the molecule is Cc1ccc(CC(=O)Oc2cccc(C#N)c2)cc1C. The second kappa shape index (κ2) is 6.03. The lowest BCUT2D eigenvalue weighted by Crippen LogP contribution is -2.11. The molecule has 0 N–H and O–H groups in total. The third-order valence-corrected chi connectivity index (χ3v) is 3.11. The molecule has 0 radical (unpaired) electrons. The molecule has 0 fully saturated rings. The summed E-state index contributed by atoms with van der Waals surface area (Å²) in [5.74, 6) is 0.0706. The molecule has 0 aliphatic heterocycles. The number of nitriles is 1. The molecular formula is C17H15NO2. The highest BCUT2D eigenvalue weighted by Crippen LogP contribution is 2.15. The van der Waals surface area contributed by atoms with E-state index in [9.17, 15) is 4.79 Å². The number of hydrogen-bond acceptors (Lipinski definition) is 3. The van der Waals surface area contributed by atoms with Gasteiger partial charge in [-0.25, -0.2) is 0 Å². The highest BCUT2D eigenvalue weighted by atomic mass is 16.5. The van der Waals surface area contributed by atoms with Crippen molar-refractivity contribution >= 4 is 5.97 Å². The maximum absolute atomic E-state index is 11.9. The van der Waals surface area contributed by atoms with Crippen molar-refractivity contribution in [1.82, 2.24) is 0 Å². The highest BCUT2D eigenvalue weighted by Gasteiger charge is 2.07. The molecular weight excluding hydrogens is 250 g/mol. The van der Waals surface area contributed by atoms with Crippen molar-refractivity contribution < 1.29 is 9.53 Å². The predicted molar refractivity (Wildman–Crippen MR) is 76.4 cm³/mol. The number of esters is 1. The van der Waals surface area contributed by atoms with Gasteiger partial charge < -0.3 is 4.74 Å². The van der Waals surface area contributed by atoms with E-state index >= 15 is 0 Å². The van der Waals surface area contributed by atoms with E-state index in [1.54, 1.807) is 24.3 Å². The minimum absolute atomic E-state index is 0.220. The molecule has 3 heteroatoms. The Kier molecular flexibility index (Phi) is 4.17. The standard InChI is InChI=1S/C17H15NO2/c1-12-6-7-14(8-13(12)2)10-17(19)20-16-5-3-4-15(9-16)11-18/h3-9H,10H2,1-2H3. The second-order valence-electron chi connectivity index (χ2n) is 4.71. The lowest BCUT2D eigenvalue weighted by Gasteiger charge is -2.06. The van der Waals surface area contributed by atoms with Crippen molar-refractivity contribution in [2.75, 3.05) is 0 Å². The van der Waals surface area contributed by atoms with Gasteiger partial charge in [-0.15, -0.1) is 0 Å². The summed E-state index contributed by atoms with van der Waals surface area (Å²) in [5, 5.41) is 8.80. The molecule has 0 amide bonds. The first-order chi connectivity index (χ1) is 9.58. The summed E-state index contributed by atoms with van der Waals surface area (Å²) in [7, 11) is 0. The molecule has 2 aromatic carbocycles. The van der Waals surface area contributed by atoms with Gasteiger partial charge in [0.15, 0.2) is 0 Å². The maximum Gasteiger partial charge on any atom is 0.315 e. The van der Waals surface area contributed by atoms with E-state index in [1.165, 1.54) is 5.56 Å². The molecule has 3 nitrogen and oxygen atoms in total. The molecule has 0 aliphatic rings. The molecule has 20 heavy (non-hydrogen) atoms. The first-order valence-corrected chi connectivity index (χ1v) is 6.35. The number of rotatable bonds is 3. The Morgan fingerprint density at radius 3 is 2.65 bits per heavy atom. The molecule has 0 saturated carbocycles. The fraction of sp³-hybridized carbons (Fsp3) is 0.176. The van der Waals surface area contributed by atoms with Gasteiger partial charge >= 0.3 is 5.97 Å². The van der Waals surface area contributed by atoms with Crippen LogP contribution in [-0.4, -0.2) is 5.97 Å². The Labute approximate surface area is 118 Å². The number of carbonyl (C=O) groups excluding carboxylic acids is 1.